The number of halogens is 1. The maximum absolute atomic E-state index is 12.4. The van der Waals surface area contributed by atoms with Crippen molar-refractivity contribution in [2.45, 2.75) is 6.92 Å². The van der Waals surface area contributed by atoms with Crippen LogP contribution in [0.25, 0.3) is 10.8 Å². The van der Waals surface area contributed by atoms with Gasteiger partial charge < -0.3 is 10.0 Å². The van der Waals surface area contributed by atoms with E-state index in [-0.39, 0.29) is 11.7 Å². The van der Waals surface area contributed by atoms with Gasteiger partial charge in [0.2, 0.25) is 0 Å². The van der Waals surface area contributed by atoms with Gasteiger partial charge in [0.25, 0.3) is 5.91 Å². The van der Waals surface area contributed by atoms with Crippen LogP contribution in [-0.4, -0.2) is 34.3 Å². The molecule has 0 bridgehead atoms. The van der Waals surface area contributed by atoms with Crippen molar-refractivity contribution >= 4 is 32.6 Å². The van der Waals surface area contributed by atoms with Crippen LogP contribution >= 0.6 is 15.9 Å². The molecular weight excluding hydrogens is 306 g/mol. The summed E-state index contributed by atoms with van der Waals surface area (Å²) in [7, 11) is 0. The van der Waals surface area contributed by atoms with Crippen LogP contribution in [-0.2, 0) is 0 Å². The van der Waals surface area contributed by atoms with Crippen LogP contribution in [0.5, 0.6) is 5.75 Å². The van der Waals surface area contributed by atoms with Gasteiger partial charge in [0.05, 0.1) is 5.56 Å². The van der Waals surface area contributed by atoms with Crippen molar-refractivity contribution in [3.05, 3.63) is 42.0 Å². The molecule has 1 amide bonds. The quantitative estimate of drug-likeness (QED) is 0.877. The monoisotopic (exact) mass is 321 g/mol. The molecule has 0 fully saturated rings. The maximum Gasteiger partial charge on any atom is 0.257 e. The first-order valence-electron chi connectivity index (χ1n) is 6.25. The maximum atomic E-state index is 12.4. The summed E-state index contributed by atoms with van der Waals surface area (Å²) in [6.07, 6.45) is 0. The summed E-state index contributed by atoms with van der Waals surface area (Å²) in [5.74, 6) is -0.0682. The molecule has 100 valence electrons. The Morgan fingerprint density at radius 3 is 2.68 bits per heavy atom. The first-order valence-corrected chi connectivity index (χ1v) is 7.37. The van der Waals surface area contributed by atoms with Gasteiger partial charge in [0.15, 0.2) is 0 Å². The van der Waals surface area contributed by atoms with Crippen molar-refractivity contribution in [2.24, 2.45) is 0 Å². The Balaban J connectivity index is 2.45. The van der Waals surface area contributed by atoms with E-state index in [1.54, 1.807) is 11.0 Å². The van der Waals surface area contributed by atoms with E-state index < -0.39 is 0 Å². The first kappa shape index (κ1) is 13.9. The Kier molecular flexibility index (Phi) is 4.43. The smallest absolute Gasteiger partial charge is 0.257 e. The number of hydrogen-bond donors (Lipinski definition) is 1. The van der Waals surface area contributed by atoms with Gasteiger partial charge >= 0.3 is 0 Å². The second-order valence-electron chi connectivity index (χ2n) is 4.26. The van der Waals surface area contributed by atoms with Crippen LogP contribution < -0.4 is 0 Å². The van der Waals surface area contributed by atoms with Crippen LogP contribution in [0.1, 0.15) is 17.3 Å². The van der Waals surface area contributed by atoms with Gasteiger partial charge in [0.1, 0.15) is 5.75 Å². The molecule has 0 aliphatic carbocycles. The normalized spacial score (nSPS) is 10.6. The van der Waals surface area contributed by atoms with E-state index in [4.69, 9.17) is 0 Å². The Labute approximate surface area is 121 Å². The molecule has 2 aromatic rings. The highest BCUT2D eigenvalue weighted by atomic mass is 79.9. The zero-order valence-corrected chi connectivity index (χ0v) is 12.4. The first-order chi connectivity index (χ1) is 9.19. The van der Waals surface area contributed by atoms with E-state index in [1.807, 2.05) is 37.3 Å². The van der Waals surface area contributed by atoms with Gasteiger partial charge in [-0.2, -0.15) is 0 Å². The molecular formula is C15H16BrNO2. The molecule has 0 unspecified atom stereocenters. The van der Waals surface area contributed by atoms with Crippen molar-refractivity contribution in [3.63, 3.8) is 0 Å². The number of fused-ring (bicyclic) bond motifs is 1. The molecule has 0 radical (unpaired) electrons. The number of benzene rings is 2. The summed E-state index contributed by atoms with van der Waals surface area (Å²) in [5.41, 5.74) is 0.363. The third-order valence-electron chi connectivity index (χ3n) is 3.15. The van der Waals surface area contributed by atoms with Crippen molar-refractivity contribution in [3.8, 4) is 5.75 Å². The molecule has 0 saturated heterocycles. The molecule has 0 spiro atoms. The van der Waals surface area contributed by atoms with Gasteiger partial charge in [-0.05, 0) is 18.4 Å². The summed E-state index contributed by atoms with van der Waals surface area (Å²) < 4.78 is 0. The average molecular weight is 322 g/mol. The third-order valence-corrected chi connectivity index (χ3v) is 3.51. The Morgan fingerprint density at radius 2 is 2.00 bits per heavy atom. The number of alkyl halides is 1. The van der Waals surface area contributed by atoms with E-state index in [2.05, 4.69) is 15.9 Å². The highest BCUT2D eigenvalue weighted by Crippen LogP contribution is 2.29. The molecule has 0 atom stereocenters. The summed E-state index contributed by atoms with van der Waals surface area (Å²) in [6.45, 7) is 3.18. The van der Waals surface area contributed by atoms with E-state index in [1.165, 1.54) is 0 Å². The Morgan fingerprint density at radius 1 is 1.26 bits per heavy atom. The fourth-order valence-electron chi connectivity index (χ4n) is 2.10. The summed E-state index contributed by atoms with van der Waals surface area (Å²) in [6, 6.07) is 11.1. The van der Waals surface area contributed by atoms with Gasteiger partial charge in [0, 0.05) is 23.8 Å². The van der Waals surface area contributed by atoms with E-state index in [0.717, 1.165) is 10.7 Å². The van der Waals surface area contributed by atoms with Crippen LogP contribution in [0, 0.1) is 0 Å². The second-order valence-corrected chi connectivity index (χ2v) is 5.05. The number of amides is 1. The van der Waals surface area contributed by atoms with E-state index in [9.17, 15) is 9.90 Å². The molecule has 0 saturated carbocycles. The zero-order chi connectivity index (χ0) is 13.8. The number of carbonyl (C=O) groups excluding carboxylic acids is 1. The fourth-order valence-corrected chi connectivity index (χ4v) is 2.53. The minimum Gasteiger partial charge on any atom is -0.506 e. The van der Waals surface area contributed by atoms with Gasteiger partial charge in [-0.3, -0.25) is 4.79 Å². The molecule has 0 heterocycles. The Bertz CT molecular complexity index is 598. The predicted molar refractivity (Wildman–Crippen MR) is 81.0 cm³/mol. The number of rotatable bonds is 4. The lowest BCUT2D eigenvalue weighted by molar-refractivity contribution is 0.0772. The summed E-state index contributed by atoms with van der Waals surface area (Å²) >= 11 is 3.33. The largest absolute Gasteiger partial charge is 0.506 e. The Hall–Kier alpha value is -1.55. The predicted octanol–water partition coefficient (Wildman–Crippen LogP) is 3.40. The number of carbonyl (C=O) groups is 1. The van der Waals surface area contributed by atoms with Gasteiger partial charge in [-0.1, -0.05) is 46.3 Å². The van der Waals surface area contributed by atoms with Crippen LogP contribution in [0.3, 0.4) is 0 Å². The van der Waals surface area contributed by atoms with Crippen molar-refractivity contribution in [2.75, 3.05) is 18.4 Å². The third kappa shape index (κ3) is 2.73. The fraction of sp³-hybridized carbons (Fsp3) is 0.267. The van der Waals surface area contributed by atoms with Crippen LogP contribution in [0.4, 0.5) is 0 Å². The lowest BCUT2D eigenvalue weighted by Gasteiger charge is -2.20. The topological polar surface area (TPSA) is 40.5 Å². The molecule has 3 nitrogen and oxygen atoms in total. The number of aromatic hydroxyl groups is 1. The molecule has 4 heteroatoms. The standard InChI is InChI=1S/C15H16BrNO2/c1-2-17(10-9-16)15(19)13-8-7-11-5-3-4-6-12(11)14(13)18/h3-8,18H,2,9-10H2,1H3. The highest BCUT2D eigenvalue weighted by Gasteiger charge is 2.18. The van der Waals surface area contributed by atoms with Crippen LogP contribution in [0.15, 0.2) is 36.4 Å². The molecule has 2 rings (SSSR count). The average Bonchev–Trinajstić information content (AvgIpc) is 2.45. The lowest BCUT2D eigenvalue weighted by atomic mass is 10.0. The highest BCUT2D eigenvalue weighted by molar-refractivity contribution is 9.09. The van der Waals surface area contributed by atoms with Crippen molar-refractivity contribution < 1.29 is 9.90 Å². The van der Waals surface area contributed by atoms with Crippen molar-refractivity contribution in [1.29, 1.82) is 0 Å². The van der Waals surface area contributed by atoms with Crippen LogP contribution in [0.2, 0.25) is 0 Å². The zero-order valence-electron chi connectivity index (χ0n) is 10.8. The molecule has 0 aliphatic heterocycles. The minimum atomic E-state index is -0.134. The molecule has 19 heavy (non-hydrogen) atoms. The summed E-state index contributed by atoms with van der Waals surface area (Å²) in [5, 5.41) is 12.6. The van der Waals surface area contributed by atoms with E-state index in [0.29, 0.717) is 24.0 Å². The lowest BCUT2D eigenvalue weighted by Crippen LogP contribution is -2.32. The number of phenols is 1. The molecule has 0 aromatic heterocycles. The number of phenolic OH excluding ortho intramolecular Hbond substituents is 1. The number of hydrogen-bond acceptors (Lipinski definition) is 2. The summed E-state index contributed by atoms with van der Waals surface area (Å²) in [4.78, 5) is 14.1. The van der Waals surface area contributed by atoms with Gasteiger partial charge in [-0.15, -0.1) is 0 Å². The molecule has 1 N–H and O–H groups in total. The molecule has 2 aromatic carbocycles. The van der Waals surface area contributed by atoms with E-state index >= 15 is 0 Å². The van der Waals surface area contributed by atoms with Crippen molar-refractivity contribution in [1.82, 2.24) is 4.90 Å². The minimum absolute atomic E-state index is 0.0659. The number of nitrogens with zero attached hydrogens (tertiary/aromatic N) is 1. The molecule has 0 aliphatic rings. The second kappa shape index (κ2) is 6.06. The SMILES string of the molecule is CCN(CCBr)C(=O)c1ccc2ccccc2c1O. The van der Waals surface area contributed by atoms with Gasteiger partial charge in [-0.25, -0.2) is 0 Å².